The van der Waals surface area contributed by atoms with Crippen LogP contribution in [0.2, 0.25) is 0 Å². The smallest absolute Gasteiger partial charge is 0.181 e. The summed E-state index contributed by atoms with van der Waals surface area (Å²) in [5.74, 6) is 0. The molecule has 0 rings (SSSR count). The summed E-state index contributed by atoms with van der Waals surface area (Å²) in [5.41, 5.74) is 0. The van der Waals surface area contributed by atoms with Crippen molar-refractivity contribution in [3.63, 3.8) is 0 Å². The summed E-state index contributed by atoms with van der Waals surface area (Å²) >= 11 is 0. The minimum atomic E-state index is 0. The van der Waals surface area contributed by atoms with Gasteiger partial charge in [-0.3, -0.25) is 0 Å². The molecule has 0 N–H and O–H groups in total. The van der Waals surface area contributed by atoms with E-state index in [-0.39, 0.29) is 9.90 Å². The van der Waals surface area contributed by atoms with E-state index in [0.29, 0.717) is 0 Å². The Balaban J connectivity index is 0. The van der Waals surface area contributed by atoms with Crippen molar-refractivity contribution in [1.29, 1.82) is 10.5 Å². The fraction of sp³-hybridized carbons (Fsp3) is 0. The van der Waals surface area contributed by atoms with Crippen LogP contribution < -0.4 is 0 Å². The average Bonchev–Trinajstić information content (AvgIpc) is 1.37. The van der Waals surface area contributed by atoms with Gasteiger partial charge in [0.05, 0.1) is 0 Å². The molecule has 2 nitrogen and oxygen atoms in total. The molecule has 0 fully saturated rings. The zero-order chi connectivity index (χ0) is 3.41. The second kappa shape index (κ2) is 9.96. The Morgan fingerprint density at radius 1 is 1.00 bits per heavy atom. The summed E-state index contributed by atoms with van der Waals surface area (Å²) in [6, 6.07) is 2.47. The third kappa shape index (κ3) is 40.3. The molecule has 0 bridgehead atoms. The standard InChI is InChI=1S/C2N2.P/c3-1-2-4;. The maximum absolute atomic E-state index is 7.26. The van der Waals surface area contributed by atoms with Crippen LogP contribution in [0, 0.1) is 22.7 Å². The van der Waals surface area contributed by atoms with Gasteiger partial charge in [0.15, 0.2) is 12.1 Å². The molecule has 0 aliphatic heterocycles. The summed E-state index contributed by atoms with van der Waals surface area (Å²) in [6.45, 7) is 0. The van der Waals surface area contributed by atoms with Crippen molar-refractivity contribution < 1.29 is 0 Å². The van der Waals surface area contributed by atoms with E-state index in [0.717, 1.165) is 0 Å². The fourth-order valence-corrected chi connectivity index (χ4v) is 0. The van der Waals surface area contributed by atoms with Crippen LogP contribution in [0.15, 0.2) is 0 Å². The molecule has 3 radical (unpaired) electrons. The summed E-state index contributed by atoms with van der Waals surface area (Å²) < 4.78 is 0. The number of rotatable bonds is 0. The molecule has 0 aromatic carbocycles. The lowest BCUT2D eigenvalue weighted by atomic mass is 10.9. The van der Waals surface area contributed by atoms with Crippen LogP contribution in [0.3, 0.4) is 0 Å². The van der Waals surface area contributed by atoms with E-state index in [4.69, 9.17) is 10.5 Å². The Labute approximate surface area is 33.6 Å². The highest BCUT2D eigenvalue weighted by atomic mass is 31.0. The van der Waals surface area contributed by atoms with Crippen LogP contribution in [0.5, 0.6) is 0 Å². The number of hydrogen-bond acceptors (Lipinski definition) is 2. The van der Waals surface area contributed by atoms with Gasteiger partial charge < -0.3 is 0 Å². The van der Waals surface area contributed by atoms with Gasteiger partial charge in [-0.25, -0.2) is 0 Å². The summed E-state index contributed by atoms with van der Waals surface area (Å²) in [6.07, 6.45) is 0. The predicted octanol–water partition coefficient (Wildman–Crippen LogP) is 0.895. The first-order chi connectivity index (χ1) is 1.91. The molecule has 0 atom stereocenters. The topological polar surface area (TPSA) is 47.6 Å². The second-order valence-corrected chi connectivity index (χ2v) is 0.224. The first kappa shape index (κ1) is 8.83. The SMILES string of the molecule is N#CC#N.[P]. The van der Waals surface area contributed by atoms with Crippen molar-refractivity contribution in [2.24, 2.45) is 0 Å². The van der Waals surface area contributed by atoms with Gasteiger partial charge in [0, 0.05) is 9.90 Å². The van der Waals surface area contributed by atoms with E-state index in [1.54, 1.807) is 0 Å². The Morgan fingerprint density at radius 2 is 1.20 bits per heavy atom. The van der Waals surface area contributed by atoms with Gasteiger partial charge in [0.1, 0.15) is 0 Å². The van der Waals surface area contributed by atoms with Crippen LogP contribution >= 0.6 is 9.90 Å². The van der Waals surface area contributed by atoms with Crippen molar-refractivity contribution in [2.45, 2.75) is 0 Å². The Bertz CT molecular complexity index is 62.6. The zero-order valence-electron chi connectivity index (χ0n) is 2.34. The van der Waals surface area contributed by atoms with Crippen LogP contribution in [-0.2, 0) is 0 Å². The largest absolute Gasteiger partial charge is 0.181 e. The molecule has 23 valence electrons. The zero-order valence-corrected chi connectivity index (χ0v) is 3.24. The summed E-state index contributed by atoms with van der Waals surface area (Å²) in [7, 11) is 0. The van der Waals surface area contributed by atoms with Gasteiger partial charge in [-0.15, -0.1) is 0 Å². The molecular formula is C2N2P. The average molecular weight is 83.0 g/mol. The van der Waals surface area contributed by atoms with Crippen molar-refractivity contribution in [2.75, 3.05) is 0 Å². The molecule has 0 spiro atoms. The van der Waals surface area contributed by atoms with E-state index in [1.165, 1.54) is 12.1 Å². The van der Waals surface area contributed by atoms with E-state index in [2.05, 4.69) is 0 Å². The van der Waals surface area contributed by atoms with Crippen LogP contribution in [0.25, 0.3) is 0 Å². The molecule has 3 heteroatoms. The van der Waals surface area contributed by atoms with E-state index < -0.39 is 0 Å². The van der Waals surface area contributed by atoms with Crippen molar-refractivity contribution >= 4 is 9.90 Å². The third-order valence-electron chi connectivity index (χ3n) is 0.0500. The maximum Gasteiger partial charge on any atom is 0.181 e. The van der Waals surface area contributed by atoms with Gasteiger partial charge in [-0.2, -0.15) is 10.5 Å². The molecule has 0 saturated heterocycles. The minimum absolute atomic E-state index is 0. The number of nitriles is 2. The molecule has 5 heavy (non-hydrogen) atoms. The normalized spacial score (nSPS) is 2.00. The lowest BCUT2D eigenvalue weighted by Gasteiger charge is -1.16. The molecule has 0 aromatic rings. The summed E-state index contributed by atoms with van der Waals surface area (Å²) in [4.78, 5) is 0. The molecule has 0 saturated carbocycles. The van der Waals surface area contributed by atoms with Gasteiger partial charge >= 0.3 is 0 Å². The predicted molar refractivity (Wildman–Crippen MR) is 18.1 cm³/mol. The number of nitrogens with zero attached hydrogens (tertiary/aromatic N) is 2. The monoisotopic (exact) mass is 83.0 g/mol. The molecule has 0 aliphatic rings. The quantitative estimate of drug-likeness (QED) is 0.408. The van der Waals surface area contributed by atoms with Gasteiger partial charge in [0.25, 0.3) is 0 Å². The molecule has 0 aromatic heterocycles. The van der Waals surface area contributed by atoms with Crippen molar-refractivity contribution in [3.8, 4) is 12.1 Å². The highest BCUT2D eigenvalue weighted by molar-refractivity contribution is 6.92. The first-order valence-corrected chi connectivity index (χ1v) is 0.697. The number of hydrogen-bond donors (Lipinski definition) is 0. The van der Waals surface area contributed by atoms with Crippen molar-refractivity contribution in [3.05, 3.63) is 0 Å². The van der Waals surface area contributed by atoms with Gasteiger partial charge in [-0.1, -0.05) is 0 Å². The van der Waals surface area contributed by atoms with Crippen LogP contribution in [0.4, 0.5) is 0 Å². The maximum atomic E-state index is 7.26. The minimum Gasteiger partial charge on any atom is -0.181 e. The van der Waals surface area contributed by atoms with E-state index in [9.17, 15) is 0 Å². The molecule has 0 aliphatic carbocycles. The van der Waals surface area contributed by atoms with E-state index >= 15 is 0 Å². The molecule has 0 heterocycles. The van der Waals surface area contributed by atoms with Gasteiger partial charge in [0.2, 0.25) is 0 Å². The third-order valence-corrected chi connectivity index (χ3v) is 0.0500. The highest BCUT2D eigenvalue weighted by Gasteiger charge is 1.39. The van der Waals surface area contributed by atoms with Crippen LogP contribution in [0.1, 0.15) is 0 Å². The highest BCUT2D eigenvalue weighted by Crippen LogP contribution is 1.27. The lowest BCUT2D eigenvalue weighted by molar-refractivity contribution is 1.49. The second-order valence-electron chi connectivity index (χ2n) is 0.224. The molecule has 0 unspecified atom stereocenters. The lowest BCUT2D eigenvalue weighted by Crippen LogP contribution is -1.26. The first-order valence-electron chi connectivity index (χ1n) is 0.697. The summed E-state index contributed by atoms with van der Waals surface area (Å²) in [5, 5.41) is 14.5. The Hall–Kier alpha value is -0.590. The molecule has 0 amide bonds. The van der Waals surface area contributed by atoms with Gasteiger partial charge in [-0.05, 0) is 0 Å². The van der Waals surface area contributed by atoms with Crippen LogP contribution in [-0.4, -0.2) is 0 Å². The Kier molecular flexibility index (Phi) is 17.6. The Morgan fingerprint density at radius 3 is 1.20 bits per heavy atom. The fourth-order valence-electron chi connectivity index (χ4n) is 0. The molecular weight excluding hydrogens is 83.0 g/mol. The van der Waals surface area contributed by atoms with E-state index in [1.807, 2.05) is 0 Å². The van der Waals surface area contributed by atoms with Crippen molar-refractivity contribution in [1.82, 2.24) is 0 Å².